The first-order chi connectivity index (χ1) is 13.1. The molecule has 1 atom stereocenters. The van der Waals surface area contributed by atoms with Gasteiger partial charge in [0.15, 0.2) is 18.1 Å². The van der Waals surface area contributed by atoms with Crippen LogP contribution in [0, 0.1) is 0 Å². The van der Waals surface area contributed by atoms with Crippen molar-refractivity contribution < 1.29 is 23.8 Å². The van der Waals surface area contributed by atoms with Crippen molar-refractivity contribution in [1.29, 1.82) is 0 Å². The highest BCUT2D eigenvalue weighted by atomic mass is 16.6. The molecule has 0 aliphatic carbocycles. The second-order valence-electron chi connectivity index (χ2n) is 5.98. The van der Waals surface area contributed by atoms with Crippen molar-refractivity contribution in [2.45, 2.75) is 6.10 Å². The zero-order valence-electron chi connectivity index (χ0n) is 14.2. The van der Waals surface area contributed by atoms with Gasteiger partial charge in [-0.2, -0.15) is 0 Å². The highest BCUT2D eigenvalue weighted by molar-refractivity contribution is 5.99. The molecule has 0 aromatic heterocycles. The normalized spacial score (nSPS) is 16.6. The Kier molecular flexibility index (Phi) is 4.29. The fourth-order valence-corrected chi connectivity index (χ4v) is 2.72. The molecule has 2 aromatic carbocycles. The minimum atomic E-state index is -0.937. The molecule has 138 valence electrons. The van der Waals surface area contributed by atoms with Crippen molar-refractivity contribution in [3.63, 3.8) is 0 Å². The average molecular weight is 367 g/mol. The van der Waals surface area contributed by atoms with Crippen LogP contribution in [-0.2, 0) is 14.3 Å². The topological polar surface area (TPSA) is 112 Å². The van der Waals surface area contributed by atoms with Gasteiger partial charge in [-0.15, -0.1) is 0 Å². The van der Waals surface area contributed by atoms with Gasteiger partial charge in [0.25, 0.3) is 0 Å². The molecule has 2 aliphatic rings. The molecule has 8 nitrogen and oxygen atoms in total. The summed E-state index contributed by atoms with van der Waals surface area (Å²) >= 11 is 0. The van der Waals surface area contributed by atoms with Gasteiger partial charge in [-0.3, -0.25) is 4.79 Å². The van der Waals surface area contributed by atoms with Crippen molar-refractivity contribution >= 4 is 23.1 Å². The van der Waals surface area contributed by atoms with Gasteiger partial charge in [0, 0.05) is 0 Å². The van der Waals surface area contributed by atoms with Crippen LogP contribution in [0.4, 0.5) is 11.4 Å². The number of para-hydroxylation sites is 4. The summed E-state index contributed by atoms with van der Waals surface area (Å²) in [5, 5.41) is 6.03. The summed E-state index contributed by atoms with van der Waals surface area (Å²) in [5.74, 6) is 0.165. The van der Waals surface area contributed by atoms with Gasteiger partial charge < -0.3 is 30.6 Å². The molecule has 0 amide bonds. The molecule has 2 aliphatic heterocycles. The number of ketones is 1. The van der Waals surface area contributed by atoms with Crippen molar-refractivity contribution in [2.75, 3.05) is 23.8 Å². The molecule has 0 radical (unpaired) electrons. The van der Waals surface area contributed by atoms with E-state index in [0.717, 1.165) is 11.4 Å². The molecule has 0 saturated heterocycles. The third-order valence-electron chi connectivity index (χ3n) is 4.13. The Morgan fingerprint density at radius 1 is 1.04 bits per heavy atom. The van der Waals surface area contributed by atoms with E-state index >= 15 is 0 Å². The van der Waals surface area contributed by atoms with E-state index in [4.69, 9.17) is 19.9 Å². The van der Waals surface area contributed by atoms with Gasteiger partial charge in [-0.1, -0.05) is 24.3 Å². The SMILES string of the molecule is NC(C(=O)COC(=O)C1COc2ccccc2O1)=C1Nc2ccccc2N1. The molecule has 0 spiro atoms. The van der Waals surface area contributed by atoms with Crippen LogP contribution in [-0.4, -0.2) is 31.1 Å². The summed E-state index contributed by atoms with van der Waals surface area (Å²) in [4.78, 5) is 24.4. The summed E-state index contributed by atoms with van der Waals surface area (Å²) < 4.78 is 16.1. The van der Waals surface area contributed by atoms with Crippen molar-refractivity contribution in [3.8, 4) is 11.5 Å². The van der Waals surface area contributed by atoms with E-state index in [1.165, 1.54) is 0 Å². The summed E-state index contributed by atoms with van der Waals surface area (Å²) in [6, 6.07) is 14.4. The fourth-order valence-electron chi connectivity index (χ4n) is 2.72. The third kappa shape index (κ3) is 3.37. The number of esters is 1. The molecule has 2 heterocycles. The van der Waals surface area contributed by atoms with Crippen molar-refractivity contribution in [2.24, 2.45) is 5.73 Å². The van der Waals surface area contributed by atoms with Crippen LogP contribution in [0.25, 0.3) is 0 Å². The van der Waals surface area contributed by atoms with Gasteiger partial charge in [-0.05, 0) is 24.3 Å². The maximum absolute atomic E-state index is 12.3. The van der Waals surface area contributed by atoms with Gasteiger partial charge in [0.2, 0.25) is 11.9 Å². The first-order valence-corrected chi connectivity index (χ1v) is 8.33. The summed E-state index contributed by atoms with van der Waals surface area (Å²) in [6.45, 7) is -0.478. The number of hydrogen-bond donors (Lipinski definition) is 3. The van der Waals surface area contributed by atoms with Crippen LogP contribution in [0.1, 0.15) is 0 Å². The number of ether oxygens (including phenoxy) is 3. The molecule has 4 rings (SSSR count). The van der Waals surface area contributed by atoms with E-state index in [2.05, 4.69) is 10.6 Å². The van der Waals surface area contributed by atoms with Crippen LogP contribution in [0.2, 0.25) is 0 Å². The number of carbonyl (C=O) groups excluding carboxylic acids is 2. The van der Waals surface area contributed by atoms with Crippen molar-refractivity contribution in [3.05, 3.63) is 60.0 Å². The quantitative estimate of drug-likeness (QED) is 0.552. The maximum Gasteiger partial charge on any atom is 0.351 e. The molecule has 1 unspecified atom stereocenters. The minimum absolute atomic E-state index is 0.0129. The molecular formula is C19H17N3O5. The minimum Gasteiger partial charge on any atom is -0.485 e. The average Bonchev–Trinajstić information content (AvgIpc) is 3.15. The zero-order valence-corrected chi connectivity index (χ0v) is 14.2. The molecule has 27 heavy (non-hydrogen) atoms. The number of benzene rings is 2. The Balaban J connectivity index is 1.34. The standard InChI is InChI=1S/C19H17N3O5/c20-17(18-21-11-5-1-2-6-12(11)22-18)13(23)9-26-19(24)16-10-25-14-7-3-4-8-15(14)27-16/h1-8,16,21-22H,9-10,20H2. The predicted octanol–water partition coefficient (Wildman–Crippen LogP) is 1.60. The molecule has 0 saturated carbocycles. The van der Waals surface area contributed by atoms with Crippen LogP contribution >= 0.6 is 0 Å². The van der Waals surface area contributed by atoms with Gasteiger partial charge in [0.05, 0.1) is 11.4 Å². The fraction of sp³-hybridized carbons (Fsp3) is 0.158. The zero-order chi connectivity index (χ0) is 18.8. The number of nitrogens with one attached hydrogen (secondary N) is 2. The number of Topliss-reactive ketones (excluding diaryl/α,β-unsaturated/α-hetero) is 1. The molecule has 0 fully saturated rings. The molecule has 2 aromatic rings. The van der Waals surface area contributed by atoms with Gasteiger partial charge in [-0.25, -0.2) is 4.79 Å². The number of carbonyl (C=O) groups is 2. The lowest BCUT2D eigenvalue weighted by Crippen LogP contribution is -2.39. The van der Waals surface area contributed by atoms with Gasteiger partial charge >= 0.3 is 5.97 Å². The molecule has 4 N–H and O–H groups in total. The van der Waals surface area contributed by atoms with E-state index in [0.29, 0.717) is 17.3 Å². The number of nitrogens with two attached hydrogens (primary N) is 1. The lowest BCUT2D eigenvalue weighted by atomic mass is 10.2. The van der Waals surface area contributed by atoms with E-state index in [9.17, 15) is 9.59 Å². The van der Waals surface area contributed by atoms with E-state index in [1.807, 2.05) is 24.3 Å². The number of anilines is 2. The predicted molar refractivity (Wildman–Crippen MR) is 97.2 cm³/mol. The Morgan fingerprint density at radius 2 is 1.67 bits per heavy atom. The Morgan fingerprint density at radius 3 is 2.37 bits per heavy atom. The third-order valence-corrected chi connectivity index (χ3v) is 4.13. The Hall–Kier alpha value is -3.68. The smallest absolute Gasteiger partial charge is 0.351 e. The van der Waals surface area contributed by atoms with Crippen LogP contribution in [0.5, 0.6) is 11.5 Å². The maximum atomic E-state index is 12.3. The number of hydrogen-bond acceptors (Lipinski definition) is 8. The van der Waals surface area contributed by atoms with Crippen LogP contribution < -0.4 is 25.8 Å². The Labute approximate surface area is 154 Å². The lowest BCUT2D eigenvalue weighted by Gasteiger charge is -2.24. The number of fused-ring (bicyclic) bond motifs is 2. The Bertz CT molecular complexity index is 913. The first kappa shape index (κ1) is 16.8. The lowest BCUT2D eigenvalue weighted by molar-refractivity contribution is -0.156. The van der Waals surface area contributed by atoms with E-state index in [1.54, 1.807) is 24.3 Å². The second-order valence-corrected chi connectivity index (χ2v) is 5.98. The largest absolute Gasteiger partial charge is 0.485 e. The van der Waals surface area contributed by atoms with Gasteiger partial charge in [0.1, 0.15) is 18.1 Å². The molecule has 8 heteroatoms. The van der Waals surface area contributed by atoms with E-state index in [-0.39, 0.29) is 12.3 Å². The molecule has 0 bridgehead atoms. The van der Waals surface area contributed by atoms with Crippen LogP contribution in [0.3, 0.4) is 0 Å². The summed E-state index contributed by atoms with van der Waals surface area (Å²) in [5.41, 5.74) is 7.46. The summed E-state index contributed by atoms with van der Waals surface area (Å²) in [7, 11) is 0. The van der Waals surface area contributed by atoms with Crippen molar-refractivity contribution in [1.82, 2.24) is 0 Å². The highest BCUT2D eigenvalue weighted by Crippen LogP contribution is 2.31. The molecular weight excluding hydrogens is 350 g/mol. The van der Waals surface area contributed by atoms with E-state index < -0.39 is 24.5 Å². The second kappa shape index (κ2) is 6.91. The first-order valence-electron chi connectivity index (χ1n) is 8.33. The summed E-state index contributed by atoms with van der Waals surface area (Å²) in [6.07, 6.45) is -0.937. The highest BCUT2D eigenvalue weighted by Gasteiger charge is 2.29. The number of rotatable bonds is 4. The van der Waals surface area contributed by atoms with Crippen LogP contribution in [0.15, 0.2) is 60.0 Å². The monoisotopic (exact) mass is 367 g/mol.